The van der Waals surface area contributed by atoms with E-state index in [1.807, 2.05) is 0 Å². The highest BCUT2D eigenvalue weighted by atomic mass is 16.7. The lowest BCUT2D eigenvalue weighted by molar-refractivity contribution is -0.216. The number of hydrogen-bond acceptors (Lipinski definition) is 6. The van der Waals surface area contributed by atoms with Crippen molar-refractivity contribution < 1.29 is 28.5 Å². The molecular formula is C13H18O6. The summed E-state index contributed by atoms with van der Waals surface area (Å²) in [5.74, 6) is -2.39. The number of rotatable bonds is 2. The van der Waals surface area contributed by atoms with Crippen molar-refractivity contribution in [3.05, 3.63) is 0 Å². The van der Waals surface area contributed by atoms with Gasteiger partial charge >= 0.3 is 11.9 Å². The highest BCUT2D eigenvalue weighted by molar-refractivity contribution is 5.84. The smallest absolute Gasteiger partial charge is 0.310 e. The molecule has 0 unspecified atom stereocenters. The first-order valence-electron chi connectivity index (χ1n) is 6.56. The Morgan fingerprint density at radius 3 is 2.21 bits per heavy atom. The van der Waals surface area contributed by atoms with E-state index in [1.54, 1.807) is 0 Å². The molecule has 0 amide bonds. The van der Waals surface area contributed by atoms with Gasteiger partial charge in [-0.15, -0.1) is 0 Å². The zero-order valence-corrected chi connectivity index (χ0v) is 11.1. The van der Waals surface area contributed by atoms with Gasteiger partial charge in [0.25, 0.3) is 0 Å². The van der Waals surface area contributed by atoms with Crippen molar-refractivity contribution in [1.82, 2.24) is 0 Å². The summed E-state index contributed by atoms with van der Waals surface area (Å²) in [5.41, 5.74) is 0. The van der Waals surface area contributed by atoms with Crippen LogP contribution in [-0.2, 0) is 28.5 Å². The van der Waals surface area contributed by atoms with Gasteiger partial charge in [0, 0.05) is 12.3 Å². The minimum absolute atomic E-state index is 0.0691. The number of carbonyl (C=O) groups excluding carboxylic acids is 2. The van der Waals surface area contributed by atoms with Gasteiger partial charge in [0.1, 0.15) is 0 Å². The third-order valence-corrected chi connectivity index (χ3v) is 4.72. The summed E-state index contributed by atoms with van der Waals surface area (Å²) < 4.78 is 21.2. The summed E-state index contributed by atoms with van der Waals surface area (Å²) in [4.78, 5) is 24.0. The molecule has 2 aliphatic carbocycles. The molecule has 19 heavy (non-hydrogen) atoms. The highest BCUT2D eigenvalue weighted by Gasteiger charge is 2.67. The van der Waals surface area contributed by atoms with Gasteiger partial charge in [-0.3, -0.25) is 9.59 Å². The van der Waals surface area contributed by atoms with Crippen LogP contribution in [0.2, 0.25) is 0 Å². The van der Waals surface area contributed by atoms with Gasteiger partial charge in [-0.2, -0.15) is 0 Å². The predicted molar refractivity (Wildman–Crippen MR) is 61.9 cm³/mol. The van der Waals surface area contributed by atoms with Crippen LogP contribution in [0, 0.1) is 23.7 Å². The van der Waals surface area contributed by atoms with Crippen LogP contribution in [0.15, 0.2) is 0 Å². The molecule has 2 saturated carbocycles. The van der Waals surface area contributed by atoms with Crippen LogP contribution in [0.5, 0.6) is 0 Å². The van der Waals surface area contributed by atoms with Gasteiger partial charge in [0.2, 0.25) is 0 Å². The van der Waals surface area contributed by atoms with Crippen molar-refractivity contribution in [2.45, 2.75) is 18.6 Å². The molecule has 0 N–H and O–H groups in total. The predicted octanol–water partition coefficient (Wildman–Crippen LogP) is 0.348. The van der Waals surface area contributed by atoms with E-state index in [4.69, 9.17) is 18.9 Å². The van der Waals surface area contributed by atoms with E-state index in [0.29, 0.717) is 19.6 Å². The molecule has 2 bridgehead atoms. The first kappa shape index (κ1) is 12.9. The fourth-order valence-electron chi connectivity index (χ4n) is 4.07. The Balaban J connectivity index is 1.91. The van der Waals surface area contributed by atoms with E-state index in [1.165, 1.54) is 14.2 Å². The van der Waals surface area contributed by atoms with Crippen LogP contribution in [-0.4, -0.2) is 45.2 Å². The molecule has 6 heteroatoms. The topological polar surface area (TPSA) is 71.1 Å². The van der Waals surface area contributed by atoms with Crippen molar-refractivity contribution in [3.8, 4) is 0 Å². The fraction of sp³-hybridized carbons (Fsp3) is 0.846. The molecular weight excluding hydrogens is 252 g/mol. The molecule has 3 aliphatic rings. The standard InChI is InChI=1S/C13H18O6/c1-16-11(14)9-7-5-8(10(9)12(15)17-2)13(6-7)18-3-4-19-13/h7-10H,3-6H2,1-2H3/t7-,8-,9-,10-/m1/s1. The monoisotopic (exact) mass is 270 g/mol. The summed E-state index contributed by atoms with van der Waals surface area (Å²) in [7, 11) is 2.69. The third-order valence-electron chi connectivity index (χ3n) is 4.72. The number of hydrogen-bond donors (Lipinski definition) is 0. The number of fused-ring (bicyclic) bond motifs is 3. The van der Waals surface area contributed by atoms with Gasteiger partial charge in [0.15, 0.2) is 5.79 Å². The fourth-order valence-corrected chi connectivity index (χ4v) is 4.07. The first-order chi connectivity index (χ1) is 9.13. The van der Waals surface area contributed by atoms with E-state index in [-0.39, 0.29) is 23.8 Å². The summed E-state index contributed by atoms with van der Waals surface area (Å²) in [6.07, 6.45) is 1.41. The minimum Gasteiger partial charge on any atom is -0.469 e. The number of ether oxygens (including phenoxy) is 4. The number of methoxy groups -OCH3 is 2. The van der Waals surface area contributed by atoms with Gasteiger partial charge in [-0.25, -0.2) is 0 Å². The van der Waals surface area contributed by atoms with Crippen LogP contribution in [0.4, 0.5) is 0 Å². The van der Waals surface area contributed by atoms with Crippen LogP contribution in [0.25, 0.3) is 0 Å². The number of carbonyl (C=O) groups is 2. The Hall–Kier alpha value is -1.14. The normalized spacial score (nSPS) is 38.6. The maximum Gasteiger partial charge on any atom is 0.310 e. The molecule has 0 aromatic rings. The zero-order chi connectivity index (χ0) is 13.6. The summed E-state index contributed by atoms with van der Waals surface area (Å²) in [6.45, 7) is 1.08. The van der Waals surface area contributed by atoms with E-state index in [0.717, 1.165) is 6.42 Å². The van der Waals surface area contributed by atoms with E-state index < -0.39 is 17.6 Å². The molecule has 0 radical (unpaired) electrons. The minimum atomic E-state index is -0.686. The van der Waals surface area contributed by atoms with Gasteiger partial charge in [-0.1, -0.05) is 0 Å². The lowest BCUT2D eigenvalue weighted by Gasteiger charge is -2.38. The van der Waals surface area contributed by atoms with Gasteiger partial charge < -0.3 is 18.9 Å². The maximum atomic E-state index is 12.0. The van der Waals surface area contributed by atoms with Crippen LogP contribution < -0.4 is 0 Å². The Morgan fingerprint density at radius 2 is 1.63 bits per heavy atom. The first-order valence-corrected chi connectivity index (χ1v) is 6.56. The molecule has 1 spiro atoms. The Labute approximate surface area is 111 Å². The average Bonchev–Trinajstić information content (AvgIpc) is 3.11. The molecule has 1 aliphatic heterocycles. The van der Waals surface area contributed by atoms with Crippen LogP contribution in [0.1, 0.15) is 12.8 Å². The van der Waals surface area contributed by atoms with Crippen LogP contribution in [0.3, 0.4) is 0 Å². The van der Waals surface area contributed by atoms with E-state index in [2.05, 4.69) is 0 Å². The van der Waals surface area contributed by atoms with Crippen LogP contribution >= 0.6 is 0 Å². The molecule has 3 fully saturated rings. The Kier molecular flexibility index (Phi) is 3.02. The lowest BCUT2D eigenvalue weighted by Crippen LogP contribution is -2.48. The molecule has 106 valence electrons. The zero-order valence-electron chi connectivity index (χ0n) is 11.1. The van der Waals surface area contributed by atoms with Crippen molar-refractivity contribution >= 4 is 11.9 Å². The largest absolute Gasteiger partial charge is 0.469 e. The summed E-state index contributed by atoms with van der Waals surface area (Å²) >= 11 is 0. The molecule has 0 aromatic carbocycles. The lowest BCUT2D eigenvalue weighted by atomic mass is 9.76. The van der Waals surface area contributed by atoms with E-state index >= 15 is 0 Å². The van der Waals surface area contributed by atoms with Gasteiger partial charge in [0.05, 0.1) is 39.3 Å². The van der Waals surface area contributed by atoms with Crippen molar-refractivity contribution in [2.75, 3.05) is 27.4 Å². The maximum absolute atomic E-state index is 12.0. The molecule has 6 nitrogen and oxygen atoms in total. The SMILES string of the molecule is COC(=O)[C@@H]1[C@@H]2C[C@H]([C@H]1C(=O)OC)C1(C2)OCCO1. The number of esters is 2. The van der Waals surface area contributed by atoms with Crippen molar-refractivity contribution in [2.24, 2.45) is 23.7 Å². The van der Waals surface area contributed by atoms with Gasteiger partial charge in [-0.05, 0) is 12.3 Å². The molecule has 0 aromatic heterocycles. The average molecular weight is 270 g/mol. The van der Waals surface area contributed by atoms with Crippen molar-refractivity contribution in [3.63, 3.8) is 0 Å². The Bertz CT molecular complexity index is 400. The summed E-state index contributed by atoms with van der Waals surface area (Å²) in [6, 6.07) is 0. The van der Waals surface area contributed by atoms with Crippen molar-refractivity contribution in [1.29, 1.82) is 0 Å². The second kappa shape index (κ2) is 4.45. The molecule has 4 atom stereocenters. The Morgan fingerprint density at radius 1 is 1.05 bits per heavy atom. The summed E-state index contributed by atoms with van der Waals surface area (Å²) in [5, 5.41) is 0. The third kappa shape index (κ3) is 1.70. The quantitative estimate of drug-likeness (QED) is 0.674. The molecule has 3 rings (SSSR count). The second-order valence-corrected chi connectivity index (χ2v) is 5.41. The molecule has 1 heterocycles. The highest BCUT2D eigenvalue weighted by Crippen LogP contribution is 2.60. The van der Waals surface area contributed by atoms with E-state index in [9.17, 15) is 9.59 Å². The second-order valence-electron chi connectivity index (χ2n) is 5.41. The molecule has 1 saturated heterocycles.